The first kappa shape index (κ1) is 32.4. The van der Waals surface area contributed by atoms with E-state index in [-0.39, 0.29) is 18.8 Å². The number of carbonyl (C=O) groups excluding carboxylic acids is 1. The van der Waals surface area contributed by atoms with Crippen LogP contribution in [0.5, 0.6) is 28.7 Å². The van der Waals surface area contributed by atoms with E-state index >= 15 is 0 Å². The Labute approximate surface area is 261 Å². The lowest BCUT2D eigenvalue weighted by atomic mass is 10.0. The lowest BCUT2D eigenvalue weighted by Crippen LogP contribution is -2.34. The molecule has 1 aliphatic rings. The van der Waals surface area contributed by atoms with Crippen LogP contribution >= 0.6 is 23.4 Å². The third kappa shape index (κ3) is 8.11. The molecule has 10 nitrogen and oxygen atoms in total. The van der Waals surface area contributed by atoms with Crippen LogP contribution < -0.4 is 29.0 Å². The SMILES string of the molecule is COc1cc([C@@H]2CC[C@H](c3cc(OC)c(OC)c(OC)c3)O2)cc(CNC(=O)N(C)O)c1OCCSc1ccc(Cl)cc1. The van der Waals surface area contributed by atoms with Gasteiger partial charge in [0.25, 0.3) is 0 Å². The van der Waals surface area contributed by atoms with Crippen molar-refractivity contribution in [3.05, 3.63) is 70.2 Å². The van der Waals surface area contributed by atoms with Crippen LogP contribution in [0.1, 0.15) is 41.7 Å². The molecule has 0 aliphatic carbocycles. The van der Waals surface area contributed by atoms with E-state index in [4.69, 9.17) is 40.0 Å². The average Bonchev–Trinajstić information content (AvgIpc) is 3.52. The molecule has 1 fully saturated rings. The highest BCUT2D eigenvalue weighted by atomic mass is 35.5. The van der Waals surface area contributed by atoms with E-state index in [0.29, 0.717) is 56.8 Å². The number of benzene rings is 3. The molecule has 2 N–H and O–H groups in total. The van der Waals surface area contributed by atoms with E-state index in [2.05, 4.69) is 5.32 Å². The van der Waals surface area contributed by atoms with Crippen molar-refractivity contribution >= 4 is 29.4 Å². The summed E-state index contributed by atoms with van der Waals surface area (Å²) in [6.07, 6.45) is 1.10. The van der Waals surface area contributed by atoms with Crippen molar-refractivity contribution in [2.75, 3.05) is 47.8 Å². The Hall–Kier alpha value is -3.51. The number of halogens is 1. The molecular formula is C31H37ClN2O8S. The molecule has 2 atom stereocenters. The third-order valence-corrected chi connectivity index (χ3v) is 8.19. The molecule has 4 rings (SSSR count). The van der Waals surface area contributed by atoms with Crippen molar-refractivity contribution in [2.45, 2.75) is 36.5 Å². The molecule has 3 aromatic rings. The van der Waals surface area contributed by atoms with Crippen molar-refractivity contribution in [3.63, 3.8) is 0 Å². The molecule has 0 aromatic heterocycles. The molecule has 2 amide bonds. The van der Waals surface area contributed by atoms with E-state index in [1.54, 1.807) is 40.2 Å². The molecule has 12 heteroatoms. The summed E-state index contributed by atoms with van der Waals surface area (Å²) >= 11 is 7.63. The van der Waals surface area contributed by atoms with Crippen LogP contribution in [0.25, 0.3) is 0 Å². The Morgan fingerprint density at radius 1 is 0.930 bits per heavy atom. The number of methoxy groups -OCH3 is 4. The second kappa shape index (κ2) is 15.3. The minimum Gasteiger partial charge on any atom is -0.493 e. The van der Waals surface area contributed by atoms with Crippen LogP contribution in [0.2, 0.25) is 5.02 Å². The summed E-state index contributed by atoms with van der Waals surface area (Å²) in [5, 5.41) is 13.4. The maximum absolute atomic E-state index is 12.1. The average molecular weight is 633 g/mol. The fraction of sp³-hybridized carbons (Fsp3) is 0.387. The van der Waals surface area contributed by atoms with E-state index in [0.717, 1.165) is 28.9 Å². The molecule has 0 radical (unpaired) electrons. The summed E-state index contributed by atoms with van der Waals surface area (Å²) < 4.78 is 35.0. The van der Waals surface area contributed by atoms with E-state index in [1.807, 2.05) is 48.5 Å². The molecule has 232 valence electrons. The first-order valence-corrected chi connectivity index (χ1v) is 15.0. The minimum absolute atomic E-state index is 0.108. The summed E-state index contributed by atoms with van der Waals surface area (Å²) in [7, 11) is 7.57. The Morgan fingerprint density at radius 2 is 1.49 bits per heavy atom. The third-order valence-electron chi connectivity index (χ3n) is 6.96. The molecule has 3 aromatic carbocycles. The van der Waals surface area contributed by atoms with Gasteiger partial charge in [0, 0.05) is 34.8 Å². The molecule has 0 saturated carbocycles. The van der Waals surface area contributed by atoms with Gasteiger partial charge >= 0.3 is 6.03 Å². The largest absolute Gasteiger partial charge is 0.493 e. The van der Waals surface area contributed by atoms with Gasteiger partial charge in [-0.2, -0.15) is 0 Å². The lowest BCUT2D eigenvalue weighted by Gasteiger charge is -2.21. The highest BCUT2D eigenvalue weighted by Crippen LogP contribution is 2.47. The van der Waals surface area contributed by atoms with E-state index in [9.17, 15) is 10.0 Å². The zero-order chi connectivity index (χ0) is 30.9. The number of thioether (sulfide) groups is 1. The van der Waals surface area contributed by atoms with Gasteiger partial charge in [0.05, 0.1) is 47.3 Å². The standard InChI is InChI=1S/C31H37ClN2O8S/c1-34(36)31(35)33-18-21-14-19(15-26(37-2)29(21)41-12-13-43-23-8-6-22(32)7-9-23)24-10-11-25(42-24)20-16-27(38-3)30(40-5)28(17-20)39-4/h6-9,14-17,24-25,36H,10-13,18H2,1-5H3,(H,33,35)/t24-,25+/m0/s1. The van der Waals surface area contributed by atoms with Gasteiger partial charge < -0.3 is 33.7 Å². The summed E-state index contributed by atoms with van der Waals surface area (Å²) in [4.78, 5) is 13.2. The summed E-state index contributed by atoms with van der Waals surface area (Å²) in [5.41, 5.74) is 2.50. The fourth-order valence-corrected chi connectivity index (χ4v) is 5.71. The second-order valence-corrected chi connectivity index (χ2v) is 11.3. The maximum atomic E-state index is 12.1. The molecule has 43 heavy (non-hydrogen) atoms. The number of carbonyl (C=O) groups is 1. The Balaban J connectivity index is 1.54. The van der Waals surface area contributed by atoms with Gasteiger partial charge in [-0.05, 0) is 72.5 Å². The Bertz CT molecular complexity index is 1360. The van der Waals surface area contributed by atoms with Crippen LogP contribution in [0.3, 0.4) is 0 Å². The number of amides is 2. The van der Waals surface area contributed by atoms with Gasteiger partial charge in [0.15, 0.2) is 23.0 Å². The smallest absolute Gasteiger partial charge is 0.341 e. The number of ether oxygens (including phenoxy) is 6. The predicted octanol–water partition coefficient (Wildman–Crippen LogP) is 6.67. The van der Waals surface area contributed by atoms with Crippen LogP contribution in [-0.2, 0) is 11.3 Å². The van der Waals surface area contributed by atoms with Crippen LogP contribution in [0.15, 0.2) is 53.4 Å². The second-order valence-electron chi connectivity index (χ2n) is 9.69. The Morgan fingerprint density at radius 3 is 2.02 bits per heavy atom. The summed E-state index contributed by atoms with van der Waals surface area (Å²) in [5.74, 6) is 3.37. The number of nitrogens with zero attached hydrogens (tertiary/aromatic N) is 1. The van der Waals surface area contributed by atoms with Gasteiger partial charge in [0.1, 0.15) is 0 Å². The zero-order valence-corrected chi connectivity index (χ0v) is 26.4. The highest BCUT2D eigenvalue weighted by Gasteiger charge is 2.31. The van der Waals surface area contributed by atoms with Crippen molar-refractivity contribution in [2.24, 2.45) is 0 Å². The number of nitrogens with one attached hydrogen (secondary N) is 1. The molecular weight excluding hydrogens is 596 g/mol. The topological polar surface area (TPSA) is 108 Å². The molecule has 1 heterocycles. The first-order chi connectivity index (χ1) is 20.8. The summed E-state index contributed by atoms with van der Waals surface area (Å²) in [6.45, 7) is 0.504. The van der Waals surface area contributed by atoms with Gasteiger partial charge in [-0.3, -0.25) is 5.21 Å². The predicted molar refractivity (Wildman–Crippen MR) is 164 cm³/mol. The van der Waals surface area contributed by atoms with Gasteiger partial charge in [-0.15, -0.1) is 11.8 Å². The molecule has 1 aliphatic heterocycles. The molecule has 0 spiro atoms. The van der Waals surface area contributed by atoms with Gasteiger partial charge in [-0.1, -0.05) is 11.6 Å². The highest BCUT2D eigenvalue weighted by molar-refractivity contribution is 7.99. The van der Waals surface area contributed by atoms with Crippen LogP contribution in [0, 0.1) is 0 Å². The zero-order valence-electron chi connectivity index (χ0n) is 24.8. The maximum Gasteiger partial charge on any atom is 0.341 e. The van der Waals surface area contributed by atoms with Crippen molar-refractivity contribution in [3.8, 4) is 28.7 Å². The normalized spacial score (nSPS) is 16.0. The van der Waals surface area contributed by atoms with Crippen LogP contribution in [0.4, 0.5) is 4.79 Å². The fourth-order valence-electron chi connectivity index (χ4n) is 4.85. The summed E-state index contributed by atoms with van der Waals surface area (Å²) in [6, 6.07) is 14.6. The quantitative estimate of drug-likeness (QED) is 0.0924. The van der Waals surface area contributed by atoms with E-state index < -0.39 is 6.03 Å². The molecule has 0 unspecified atom stereocenters. The van der Waals surface area contributed by atoms with Crippen molar-refractivity contribution < 1.29 is 38.4 Å². The number of rotatable bonds is 13. The number of hydrogen-bond donors (Lipinski definition) is 2. The van der Waals surface area contributed by atoms with Gasteiger partial charge in [0.2, 0.25) is 5.75 Å². The lowest BCUT2D eigenvalue weighted by molar-refractivity contribution is -0.0184. The number of hydrogen-bond acceptors (Lipinski definition) is 9. The van der Waals surface area contributed by atoms with Crippen molar-refractivity contribution in [1.29, 1.82) is 0 Å². The minimum atomic E-state index is -0.645. The monoisotopic (exact) mass is 632 g/mol. The van der Waals surface area contributed by atoms with Gasteiger partial charge in [-0.25, -0.2) is 9.86 Å². The molecule has 0 bridgehead atoms. The Kier molecular flexibility index (Phi) is 11.5. The first-order valence-electron chi connectivity index (χ1n) is 13.7. The van der Waals surface area contributed by atoms with Crippen LogP contribution in [-0.4, -0.2) is 64.1 Å². The van der Waals surface area contributed by atoms with E-state index in [1.165, 1.54) is 7.05 Å². The molecule has 1 saturated heterocycles. The number of hydroxylamine groups is 2. The number of urea groups is 1. The van der Waals surface area contributed by atoms with Crippen molar-refractivity contribution in [1.82, 2.24) is 10.4 Å².